The molecule has 0 bridgehead atoms. The Morgan fingerprint density at radius 3 is 2.69 bits per heavy atom. The van der Waals surface area contributed by atoms with Crippen molar-refractivity contribution in [1.82, 2.24) is 5.32 Å². The second kappa shape index (κ2) is 3.67. The highest BCUT2D eigenvalue weighted by Gasteiger charge is 2.67. The van der Waals surface area contributed by atoms with Crippen molar-refractivity contribution in [3.8, 4) is 0 Å². The summed E-state index contributed by atoms with van der Waals surface area (Å²) in [4.78, 5) is 11.9. The van der Waals surface area contributed by atoms with Crippen molar-refractivity contribution < 1.29 is 9.21 Å². The first-order valence-electron chi connectivity index (χ1n) is 5.09. The van der Waals surface area contributed by atoms with Gasteiger partial charge in [0.1, 0.15) is 10.1 Å². The fourth-order valence-electron chi connectivity index (χ4n) is 1.61. The Kier molecular flexibility index (Phi) is 2.71. The third-order valence-electron chi connectivity index (χ3n) is 3.08. The maximum atomic E-state index is 11.9. The largest absolute Gasteiger partial charge is 0.467 e. The number of halogens is 2. The lowest BCUT2D eigenvalue weighted by atomic mass is 10.1. The van der Waals surface area contributed by atoms with Crippen LogP contribution < -0.4 is 5.32 Å². The molecule has 1 heterocycles. The second-order valence-electron chi connectivity index (χ2n) is 4.42. The Hall–Kier alpha value is -0.670. The van der Waals surface area contributed by atoms with Gasteiger partial charge in [-0.05, 0) is 32.4 Å². The average Bonchev–Trinajstić information content (AvgIpc) is 2.63. The number of alkyl halides is 2. The Morgan fingerprint density at radius 2 is 2.25 bits per heavy atom. The molecule has 88 valence electrons. The molecule has 16 heavy (non-hydrogen) atoms. The molecular weight excluding hydrogens is 249 g/mol. The number of furan rings is 1. The van der Waals surface area contributed by atoms with Crippen molar-refractivity contribution in [1.29, 1.82) is 0 Å². The quantitative estimate of drug-likeness (QED) is 0.850. The van der Waals surface area contributed by atoms with Crippen molar-refractivity contribution in [2.75, 3.05) is 0 Å². The number of hydrogen-bond donors (Lipinski definition) is 1. The van der Waals surface area contributed by atoms with Crippen molar-refractivity contribution >= 4 is 29.1 Å². The first-order chi connectivity index (χ1) is 7.37. The minimum Gasteiger partial charge on any atom is -0.467 e. The third kappa shape index (κ3) is 1.82. The van der Waals surface area contributed by atoms with Crippen LogP contribution in [0.3, 0.4) is 0 Å². The van der Waals surface area contributed by atoms with Crippen LogP contribution in [0.5, 0.6) is 0 Å². The lowest BCUT2D eigenvalue weighted by Crippen LogP contribution is -2.34. The molecule has 2 atom stereocenters. The highest BCUT2D eigenvalue weighted by Crippen LogP contribution is 2.63. The minimum atomic E-state index is -0.931. The van der Waals surface area contributed by atoms with E-state index in [-0.39, 0.29) is 11.9 Å². The molecule has 0 aromatic carbocycles. The Labute approximate surface area is 104 Å². The van der Waals surface area contributed by atoms with Crippen LogP contribution in [-0.4, -0.2) is 10.2 Å². The molecule has 1 N–H and O–H groups in total. The number of carbonyl (C=O) groups is 1. The average molecular weight is 262 g/mol. The molecule has 1 amide bonds. The molecule has 0 aliphatic heterocycles. The van der Waals surface area contributed by atoms with Crippen molar-refractivity contribution in [3.05, 3.63) is 24.2 Å². The lowest BCUT2D eigenvalue weighted by molar-refractivity contribution is -0.126. The summed E-state index contributed by atoms with van der Waals surface area (Å²) in [7, 11) is 0. The number of hydrogen-bond acceptors (Lipinski definition) is 2. The van der Waals surface area contributed by atoms with Gasteiger partial charge in [-0.25, -0.2) is 0 Å². The minimum absolute atomic E-state index is 0.138. The van der Waals surface area contributed by atoms with Crippen LogP contribution in [0.1, 0.15) is 32.1 Å². The summed E-state index contributed by atoms with van der Waals surface area (Å²) in [5.41, 5.74) is -0.684. The number of amides is 1. The van der Waals surface area contributed by atoms with E-state index in [0.717, 1.165) is 0 Å². The highest BCUT2D eigenvalue weighted by molar-refractivity contribution is 6.53. The topological polar surface area (TPSA) is 42.2 Å². The van der Waals surface area contributed by atoms with Crippen LogP contribution >= 0.6 is 23.2 Å². The molecule has 1 fully saturated rings. The van der Waals surface area contributed by atoms with Gasteiger partial charge in [0.15, 0.2) is 0 Å². The predicted molar refractivity (Wildman–Crippen MR) is 62.4 cm³/mol. The summed E-state index contributed by atoms with van der Waals surface area (Å²) in [6.07, 6.45) is 2.06. The van der Waals surface area contributed by atoms with Gasteiger partial charge in [0.2, 0.25) is 5.91 Å². The Morgan fingerprint density at radius 1 is 1.62 bits per heavy atom. The SMILES string of the molecule is CC(NC(=O)C1(C)CC1(Cl)Cl)c1ccco1. The molecule has 0 saturated heterocycles. The zero-order valence-corrected chi connectivity index (χ0v) is 10.6. The smallest absolute Gasteiger partial charge is 0.229 e. The van der Waals surface area contributed by atoms with Crippen LogP contribution in [0.15, 0.2) is 22.8 Å². The summed E-state index contributed by atoms with van der Waals surface area (Å²) in [5.74, 6) is 0.578. The first kappa shape index (κ1) is 11.8. The van der Waals surface area contributed by atoms with Gasteiger partial charge in [-0.2, -0.15) is 0 Å². The van der Waals surface area contributed by atoms with Crippen molar-refractivity contribution in [2.24, 2.45) is 5.41 Å². The van der Waals surface area contributed by atoms with E-state index in [1.54, 1.807) is 19.3 Å². The highest BCUT2D eigenvalue weighted by atomic mass is 35.5. The standard InChI is InChI=1S/C11H13Cl2NO2/c1-7(8-4-3-5-16-8)14-9(15)10(2)6-11(10,12)13/h3-5,7H,6H2,1-2H3,(H,14,15). The van der Waals surface area contributed by atoms with E-state index in [4.69, 9.17) is 27.6 Å². The third-order valence-corrected chi connectivity index (χ3v) is 4.18. The molecule has 1 saturated carbocycles. The van der Waals surface area contributed by atoms with Gasteiger partial charge in [-0.1, -0.05) is 0 Å². The van der Waals surface area contributed by atoms with Crippen LogP contribution in [0.4, 0.5) is 0 Å². The summed E-state index contributed by atoms with van der Waals surface area (Å²) >= 11 is 11.9. The van der Waals surface area contributed by atoms with E-state index in [1.165, 1.54) is 0 Å². The number of rotatable bonds is 3. The molecular formula is C11H13Cl2NO2. The molecule has 5 heteroatoms. The van der Waals surface area contributed by atoms with Gasteiger partial charge in [0.25, 0.3) is 0 Å². The van der Waals surface area contributed by atoms with E-state index in [2.05, 4.69) is 5.32 Å². The van der Waals surface area contributed by atoms with Crippen molar-refractivity contribution in [2.45, 2.75) is 30.6 Å². The predicted octanol–water partition coefficient (Wildman–Crippen LogP) is 3.04. The van der Waals surface area contributed by atoms with E-state index in [0.29, 0.717) is 12.2 Å². The summed E-state index contributed by atoms with van der Waals surface area (Å²) in [5, 5.41) is 2.84. The van der Waals surface area contributed by atoms with Gasteiger partial charge in [0, 0.05) is 0 Å². The number of nitrogens with one attached hydrogen (secondary N) is 1. The normalized spacial score (nSPS) is 28.5. The van der Waals surface area contributed by atoms with Crippen LogP contribution in [0.25, 0.3) is 0 Å². The van der Waals surface area contributed by atoms with E-state index < -0.39 is 9.75 Å². The maximum Gasteiger partial charge on any atom is 0.229 e. The first-order valence-corrected chi connectivity index (χ1v) is 5.84. The van der Waals surface area contributed by atoms with Crippen LogP contribution in [-0.2, 0) is 4.79 Å². The molecule has 0 radical (unpaired) electrons. The van der Waals surface area contributed by atoms with Gasteiger partial charge in [-0.15, -0.1) is 23.2 Å². The molecule has 1 aliphatic carbocycles. The molecule has 3 nitrogen and oxygen atoms in total. The lowest BCUT2D eigenvalue weighted by Gasteiger charge is -2.16. The Bertz CT molecular complexity index is 402. The number of carbonyl (C=O) groups excluding carboxylic acids is 1. The van der Waals surface area contributed by atoms with Gasteiger partial charge >= 0.3 is 0 Å². The summed E-state index contributed by atoms with van der Waals surface area (Å²) in [6.45, 7) is 3.61. The Balaban J connectivity index is 1.99. The monoisotopic (exact) mass is 261 g/mol. The summed E-state index contributed by atoms with van der Waals surface area (Å²) < 4.78 is 4.27. The molecule has 1 aromatic heterocycles. The van der Waals surface area contributed by atoms with Crippen molar-refractivity contribution in [3.63, 3.8) is 0 Å². The van der Waals surface area contributed by atoms with E-state index in [9.17, 15) is 4.79 Å². The second-order valence-corrected chi connectivity index (χ2v) is 5.91. The maximum absolute atomic E-state index is 11.9. The molecule has 0 spiro atoms. The van der Waals surface area contributed by atoms with Gasteiger partial charge in [-0.3, -0.25) is 4.79 Å². The summed E-state index contributed by atoms with van der Waals surface area (Å²) in [6, 6.07) is 3.42. The molecule has 1 aliphatic rings. The van der Waals surface area contributed by atoms with E-state index >= 15 is 0 Å². The zero-order chi connectivity index (χ0) is 12.0. The fraction of sp³-hybridized carbons (Fsp3) is 0.545. The zero-order valence-electron chi connectivity index (χ0n) is 9.09. The molecule has 2 rings (SSSR count). The van der Waals surface area contributed by atoms with Crippen LogP contribution in [0, 0.1) is 5.41 Å². The van der Waals surface area contributed by atoms with Crippen LogP contribution in [0.2, 0.25) is 0 Å². The molecule has 2 unspecified atom stereocenters. The fourth-order valence-corrected chi connectivity index (χ4v) is 2.32. The van der Waals surface area contributed by atoms with Gasteiger partial charge in [0.05, 0.1) is 17.7 Å². The van der Waals surface area contributed by atoms with E-state index in [1.807, 2.05) is 13.0 Å². The van der Waals surface area contributed by atoms with Gasteiger partial charge < -0.3 is 9.73 Å². The molecule has 1 aromatic rings.